The van der Waals surface area contributed by atoms with E-state index in [1.807, 2.05) is 18.2 Å². The van der Waals surface area contributed by atoms with Gasteiger partial charge in [-0.15, -0.1) is 10.2 Å². The predicted molar refractivity (Wildman–Crippen MR) is 71.2 cm³/mol. The number of benzene rings is 1. The summed E-state index contributed by atoms with van der Waals surface area (Å²) >= 11 is 0. The maximum Gasteiger partial charge on any atom is 0.307 e. The summed E-state index contributed by atoms with van der Waals surface area (Å²) in [6.07, 6.45) is 0.948. The van der Waals surface area contributed by atoms with Gasteiger partial charge in [-0.25, -0.2) is 0 Å². The first-order chi connectivity index (χ1) is 9.83. The van der Waals surface area contributed by atoms with Crippen LogP contribution in [0.4, 0.5) is 5.95 Å². The molecule has 0 atom stereocenters. The molecule has 1 heterocycles. The number of hydrogen-bond acceptors (Lipinski definition) is 7. The molecule has 0 amide bonds. The summed E-state index contributed by atoms with van der Waals surface area (Å²) in [6, 6.07) is 5.66. The Bertz CT molecular complexity index is 555. The molecule has 0 saturated heterocycles. The van der Waals surface area contributed by atoms with Crippen molar-refractivity contribution in [3.05, 3.63) is 23.8 Å². The highest BCUT2D eigenvalue weighted by atomic mass is 16.5. The number of ether oxygens (including phenoxy) is 2. The van der Waals surface area contributed by atoms with E-state index in [4.69, 9.17) is 9.47 Å². The van der Waals surface area contributed by atoms with E-state index in [1.54, 1.807) is 7.11 Å². The van der Waals surface area contributed by atoms with Crippen LogP contribution in [0.25, 0.3) is 0 Å². The summed E-state index contributed by atoms with van der Waals surface area (Å²) < 4.78 is 10.9. The van der Waals surface area contributed by atoms with Crippen molar-refractivity contribution >= 4 is 5.95 Å². The van der Waals surface area contributed by atoms with E-state index in [0.717, 1.165) is 17.7 Å². The van der Waals surface area contributed by atoms with Crippen molar-refractivity contribution in [1.82, 2.24) is 20.6 Å². The fraction of sp³-hybridized carbons (Fsp3) is 0.417. The topological polar surface area (TPSA) is 97.6 Å². The first-order valence-corrected chi connectivity index (χ1v) is 6.24. The summed E-state index contributed by atoms with van der Waals surface area (Å²) in [5.74, 6) is 1.62. The van der Waals surface area contributed by atoms with E-state index in [1.165, 1.54) is 0 Å². The van der Waals surface area contributed by atoms with Crippen LogP contribution in [0, 0.1) is 0 Å². The van der Waals surface area contributed by atoms with Gasteiger partial charge in [0.25, 0.3) is 0 Å². The second-order valence-corrected chi connectivity index (χ2v) is 3.95. The molecule has 1 aromatic carbocycles. The van der Waals surface area contributed by atoms with Crippen LogP contribution in [0.2, 0.25) is 0 Å². The number of azo groups is 1. The van der Waals surface area contributed by atoms with Gasteiger partial charge in [0.05, 0.1) is 20.3 Å². The summed E-state index contributed by atoms with van der Waals surface area (Å²) in [6.45, 7) is 3.12. The highest BCUT2D eigenvalue weighted by Gasteiger charge is 2.05. The van der Waals surface area contributed by atoms with Gasteiger partial charge in [-0.3, -0.25) is 0 Å². The molecule has 2 rings (SSSR count). The van der Waals surface area contributed by atoms with Crippen molar-refractivity contribution in [3.63, 3.8) is 0 Å². The summed E-state index contributed by atoms with van der Waals surface area (Å²) in [5.41, 5.74) is 0.956. The number of rotatable bonds is 7. The Balaban J connectivity index is 2.01. The van der Waals surface area contributed by atoms with Crippen LogP contribution in [0.15, 0.2) is 28.4 Å². The van der Waals surface area contributed by atoms with Crippen molar-refractivity contribution in [2.24, 2.45) is 10.2 Å². The zero-order valence-electron chi connectivity index (χ0n) is 11.4. The van der Waals surface area contributed by atoms with E-state index in [2.05, 4.69) is 37.8 Å². The molecule has 0 aliphatic rings. The largest absolute Gasteiger partial charge is 0.493 e. The van der Waals surface area contributed by atoms with Crippen molar-refractivity contribution in [3.8, 4) is 11.5 Å². The molecular formula is C12H16N6O2. The predicted octanol–water partition coefficient (Wildman–Crippen LogP) is 2.28. The molecule has 106 valence electrons. The van der Waals surface area contributed by atoms with Gasteiger partial charge in [0.2, 0.25) is 0 Å². The highest BCUT2D eigenvalue weighted by Crippen LogP contribution is 2.28. The Hall–Kier alpha value is -2.51. The molecule has 0 radical (unpaired) electrons. The molecule has 0 aliphatic carbocycles. The molecule has 0 bridgehead atoms. The number of aromatic nitrogens is 4. The minimum Gasteiger partial charge on any atom is -0.493 e. The number of aromatic amines is 1. The first kappa shape index (κ1) is 13.9. The molecule has 2 aromatic rings. The Labute approximate surface area is 116 Å². The Morgan fingerprint density at radius 2 is 2.20 bits per heavy atom. The van der Waals surface area contributed by atoms with Crippen LogP contribution >= 0.6 is 0 Å². The van der Waals surface area contributed by atoms with E-state index < -0.39 is 0 Å². The fourth-order valence-corrected chi connectivity index (χ4v) is 1.52. The molecule has 1 aromatic heterocycles. The monoisotopic (exact) mass is 276 g/mol. The number of hydrogen-bond donors (Lipinski definition) is 1. The van der Waals surface area contributed by atoms with Gasteiger partial charge in [-0.05, 0) is 29.3 Å². The maximum absolute atomic E-state index is 5.58. The lowest BCUT2D eigenvalue weighted by molar-refractivity contribution is 0.294. The van der Waals surface area contributed by atoms with Gasteiger partial charge < -0.3 is 9.47 Å². The standard InChI is InChI=1S/C12H16N6O2/c1-3-6-20-10-5-4-9(7-11(10)19-2)8-13-14-12-15-17-18-16-12/h4-5,7H,3,6,8H2,1-2H3,(H,15,16,17,18). The number of tetrazole rings is 1. The quantitative estimate of drug-likeness (QED) is 0.782. The fourth-order valence-electron chi connectivity index (χ4n) is 1.52. The maximum atomic E-state index is 5.58. The molecule has 0 fully saturated rings. The number of methoxy groups -OCH3 is 1. The summed E-state index contributed by atoms with van der Waals surface area (Å²) in [5, 5.41) is 20.9. The van der Waals surface area contributed by atoms with Gasteiger partial charge in [0.15, 0.2) is 11.5 Å². The minimum atomic E-state index is 0.208. The molecule has 0 saturated carbocycles. The van der Waals surface area contributed by atoms with Gasteiger partial charge in [0.1, 0.15) is 0 Å². The van der Waals surface area contributed by atoms with Gasteiger partial charge in [-0.1, -0.05) is 18.1 Å². The number of nitrogens with zero attached hydrogens (tertiary/aromatic N) is 5. The third-order valence-corrected chi connectivity index (χ3v) is 2.44. The van der Waals surface area contributed by atoms with Gasteiger partial charge in [-0.2, -0.15) is 10.3 Å². The number of nitrogens with one attached hydrogen (secondary N) is 1. The SMILES string of the molecule is CCCOc1ccc(CN=Nc2nn[nH]n2)cc1OC. The van der Waals surface area contributed by atoms with Crippen LogP contribution in [0.3, 0.4) is 0 Å². The highest BCUT2D eigenvalue weighted by molar-refractivity contribution is 5.42. The average molecular weight is 276 g/mol. The molecule has 8 heteroatoms. The third-order valence-electron chi connectivity index (χ3n) is 2.44. The summed E-state index contributed by atoms with van der Waals surface area (Å²) in [4.78, 5) is 0. The van der Waals surface area contributed by atoms with Crippen molar-refractivity contribution < 1.29 is 9.47 Å². The van der Waals surface area contributed by atoms with Crippen LogP contribution in [0.5, 0.6) is 11.5 Å². The van der Waals surface area contributed by atoms with Crippen molar-refractivity contribution in [2.75, 3.05) is 13.7 Å². The molecule has 0 unspecified atom stereocenters. The average Bonchev–Trinajstić information content (AvgIpc) is 2.99. The molecule has 1 N–H and O–H groups in total. The van der Waals surface area contributed by atoms with E-state index >= 15 is 0 Å². The molecule has 0 spiro atoms. The van der Waals surface area contributed by atoms with Crippen LogP contribution in [0.1, 0.15) is 18.9 Å². The van der Waals surface area contributed by atoms with E-state index in [9.17, 15) is 0 Å². The van der Waals surface area contributed by atoms with Crippen molar-refractivity contribution in [2.45, 2.75) is 19.9 Å². The molecular weight excluding hydrogens is 260 g/mol. The molecule has 8 nitrogen and oxygen atoms in total. The molecule has 20 heavy (non-hydrogen) atoms. The normalized spacial score (nSPS) is 10.9. The zero-order chi connectivity index (χ0) is 14.2. The Kier molecular flexibility index (Phi) is 4.99. The van der Waals surface area contributed by atoms with Crippen LogP contribution in [-0.4, -0.2) is 34.3 Å². The smallest absolute Gasteiger partial charge is 0.307 e. The van der Waals surface area contributed by atoms with Gasteiger partial charge in [0, 0.05) is 0 Å². The van der Waals surface area contributed by atoms with Gasteiger partial charge >= 0.3 is 5.95 Å². The summed E-state index contributed by atoms with van der Waals surface area (Å²) in [7, 11) is 1.61. The lowest BCUT2D eigenvalue weighted by Crippen LogP contribution is -1.98. The Morgan fingerprint density at radius 1 is 1.30 bits per heavy atom. The lowest BCUT2D eigenvalue weighted by Gasteiger charge is -2.10. The zero-order valence-corrected chi connectivity index (χ0v) is 11.4. The van der Waals surface area contributed by atoms with E-state index in [-0.39, 0.29) is 5.95 Å². The van der Waals surface area contributed by atoms with Crippen LogP contribution in [-0.2, 0) is 6.54 Å². The third kappa shape index (κ3) is 3.74. The van der Waals surface area contributed by atoms with Crippen molar-refractivity contribution in [1.29, 1.82) is 0 Å². The second-order valence-electron chi connectivity index (χ2n) is 3.95. The Morgan fingerprint density at radius 3 is 2.90 bits per heavy atom. The number of H-pyrrole nitrogens is 1. The minimum absolute atomic E-state index is 0.208. The molecule has 0 aliphatic heterocycles. The van der Waals surface area contributed by atoms with Crippen LogP contribution < -0.4 is 9.47 Å². The first-order valence-electron chi connectivity index (χ1n) is 6.24. The lowest BCUT2D eigenvalue weighted by atomic mass is 10.2. The second kappa shape index (κ2) is 7.17. The van der Waals surface area contributed by atoms with E-state index in [0.29, 0.717) is 18.9 Å².